The van der Waals surface area contributed by atoms with E-state index in [0.717, 1.165) is 12.8 Å². The normalized spacial score (nSPS) is 28.1. The van der Waals surface area contributed by atoms with Gasteiger partial charge in [0, 0.05) is 25.5 Å². The summed E-state index contributed by atoms with van der Waals surface area (Å²) in [7, 11) is 0. The lowest BCUT2D eigenvalue weighted by atomic mass is 9.83. The number of rotatable bonds is 6. The van der Waals surface area contributed by atoms with Crippen molar-refractivity contribution in [3.8, 4) is 0 Å². The van der Waals surface area contributed by atoms with Gasteiger partial charge in [-0.3, -0.25) is 4.79 Å². The highest BCUT2D eigenvalue weighted by Gasteiger charge is 2.48. The molecule has 2 unspecified atom stereocenters. The van der Waals surface area contributed by atoms with E-state index in [0.29, 0.717) is 25.9 Å². The Bertz CT molecular complexity index is 303. The van der Waals surface area contributed by atoms with Gasteiger partial charge in [0.2, 0.25) is 6.41 Å². The predicted molar refractivity (Wildman–Crippen MR) is 67.3 cm³/mol. The number of hydrogen-bond donors (Lipinski definition) is 1. The van der Waals surface area contributed by atoms with Crippen molar-refractivity contribution in [2.75, 3.05) is 6.61 Å². The molecule has 0 aromatic carbocycles. The van der Waals surface area contributed by atoms with Gasteiger partial charge in [-0.1, -0.05) is 13.3 Å². The Hall–Kier alpha value is -1.10. The molecule has 1 N–H and O–H groups in total. The maximum atomic E-state index is 11.7. The van der Waals surface area contributed by atoms with Crippen LogP contribution < -0.4 is 0 Å². The van der Waals surface area contributed by atoms with Gasteiger partial charge < -0.3 is 14.7 Å². The highest BCUT2D eigenvalue weighted by Crippen LogP contribution is 2.33. The van der Waals surface area contributed by atoms with Gasteiger partial charge in [0.15, 0.2) is 0 Å². The van der Waals surface area contributed by atoms with Crippen molar-refractivity contribution >= 4 is 12.4 Å². The molecule has 1 aliphatic rings. The largest absolute Gasteiger partial charge is 0.479 e. The second kappa shape index (κ2) is 6.18. The van der Waals surface area contributed by atoms with Crippen LogP contribution in [0.25, 0.3) is 0 Å². The molecule has 2 atom stereocenters. The van der Waals surface area contributed by atoms with E-state index >= 15 is 0 Å². The second-order valence-electron chi connectivity index (χ2n) is 5.18. The second-order valence-corrected chi connectivity index (χ2v) is 5.18. The molecule has 18 heavy (non-hydrogen) atoms. The summed E-state index contributed by atoms with van der Waals surface area (Å²) in [6.07, 6.45) is 3.11. The maximum Gasteiger partial charge on any atom is 0.329 e. The van der Waals surface area contributed by atoms with E-state index in [1.54, 1.807) is 0 Å². The molecular weight excluding hydrogens is 234 g/mol. The van der Waals surface area contributed by atoms with E-state index in [1.165, 1.54) is 4.90 Å². The summed E-state index contributed by atoms with van der Waals surface area (Å²) in [6, 6.07) is -0.126. The summed E-state index contributed by atoms with van der Waals surface area (Å²) in [5.41, 5.74) is -1.10. The minimum atomic E-state index is -1.10. The van der Waals surface area contributed by atoms with E-state index in [9.17, 15) is 14.7 Å². The Labute approximate surface area is 108 Å². The third kappa shape index (κ3) is 2.83. The van der Waals surface area contributed by atoms with Crippen molar-refractivity contribution in [3.05, 3.63) is 0 Å². The van der Waals surface area contributed by atoms with Crippen LogP contribution in [0.3, 0.4) is 0 Å². The lowest BCUT2D eigenvalue weighted by Crippen LogP contribution is -2.60. The number of nitrogens with zero attached hydrogens (tertiary/aromatic N) is 1. The molecule has 1 rings (SSSR count). The highest BCUT2D eigenvalue weighted by molar-refractivity contribution is 5.81. The summed E-state index contributed by atoms with van der Waals surface area (Å²) in [6.45, 7) is 6.11. The quantitative estimate of drug-likeness (QED) is 0.735. The molecule has 1 fully saturated rings. The third-order valence-electron chi connectivity index (χ3n) is 3.61. The number of ether oxygens (including phenoxy) is 1. The predicted octanol–water partition coefficient (Wildman–Crippen LogP) is 1.66. The molecule has 0 spiro atoms. The molecule has 0 radical (unpaired) electrons. The van der Waals surface area contributed by atoms with Crippen molar-refractivity contribution < 1.29 is 19.4 Å². The first-order chi connectivity index (χ1) is 8.47. The number of carboxylic acids is 1. The number of aliphatic carboxylic acids is 1. The standard InChI is InChI=1S/C13H23NO4/c1-4-5-11-8-13(12(16)17,6-7-18-11)14(9-15)10(2)3/h9-11H,4-8H2,1-3H3,(H,16,17). The van der Waals surface area contributed by atoms with Crippen LogP contribution in [0.2, 0.25) is 0 Å². The van der Waals surface area contributed by atoms with Crippen molar-refractivity contribution in [2.45, 2.75) is 64.1 Å². The van der Waals surface area contributed by atoms with Gasteiger partial charge in [-0.2, -0.15) is 0 Å². The average molecular weight is 257 g/mol. The van der Waals surface area contributed by atoms with Gasteiger partial charge in [0.1, 0.15) is 5.54 Å². The summed E-state index contributed by atoms with van der Waals surface area (Å²) in [4.78, 5) is 24.3. The van der Waals surface area contributed by atoms with Gasteiger partial charge in [0.05, 0.1) is 6.10 Å². The van der Waals surface area contributed by atoms with Crippen LogP contribution in [-0.2, 0) is 14.3 Å². The van der Waals surface area contributed by atoms with Crippen molar-refractivity contribution in [1.29, 1.82) is 0 Å². The summed E-state index contributed by atoms with van der Waals surface area (Å²) >= 11 is 0. The van der Waals surface area contributed by atoms with Crippen molar-refractivity contribution in [1.82, 2.24) is 4.90 Å². The molecule has 1 heterocycles. The molecule has 1 aliphatic heterocycles. The zero-order valence-electron chi connectivity index (χ0n) is 11.4. The molecule has 0 saturated carbocycles. The van der Waals surface area contributed by atoms with Crippen LogP contribution in [0.5, 0.6) is 0 Å². The molecule has 1 amide bonds. The number of hydrogen-bond acceptors (Lipinski definition) is 3. The van der Waals surface area contributed by atoms with Crippen LogP contribution in [0.1, 0.15) is 46.5 Å². The van der Waals surface area contributed by atoms with E-state index in [2.05, 4.69) is 0 Å². The monoisotopic (exact) mass is 257 g/mol. The van der Waals surface area contributed by atoms with Crippen LogP contribution >= 0.6 is 0 Å². The summed E-state index contributed by atoms with van der Waals surface area (Å²) in [5.74, 6) is -0.923. The Morgan fingerprint density at radius 1 is 1.61 bits per heavy atom. The molecular formula is C13H23NO4. The first-order valence-electron chi connectivity index (χ1n) is 6.56. The lowest BCUT2D eigenvalue weighted by Gasteiger charge is -2.45. The number of amides is 1. The third-order valence-corrected chi connectivity index (χ3v) is 3.61. The molecule has 5 heteroatoms. The van der Waals surface area contributed by atoms with Crippen LogP contribution in [0.4, 0.5) is 0 Å². The minimum absolute atomic E-state index is 0.0685. The van der Waals surface area contributed by atoms with E-state index < -0.39 is 11.5 Å². The van der Waals surface area contributed by atoms with Gasteiger partial charge >= 0.3 is 5.97 Å². The van der Waals surface area contributed by atoms with Gasteiger partial charge in [0.25, 0.3) is 0 Å². The maximum absolute atomic E-state index is 11.7. The fourth-order valence-electron chi connectivity index (χ4n) is 2.70. The van der Waals surface area contributed by atoms with Crippen LogP contribution in [0.15, 0.2) is 0 Å². The van der Waals surface area contributed by atoms with E-state index in [-0.39, 0.29) is 12.1 Å². The molecule has 0 aromatic heterocycles. The molecule has 1 saturated heterocycles. The van der Waals surface area contributed by atoms with Crippen molar-refractivity contribution in [2.24, 2.45) is 0 Å². The van der Waals surface area contributed by atoms with Gasteiger partial charge in [-0.15, -0.1) is 0 Å². The SMILES string of the molecule is CCCC1CC(C(=O)O)(N(C=O)C(C)C)CCO1. The number of carboxylic acid groups (broad SMARTS) is 1. The fraction of sp³-hybridized carbons (Fsp3) is 0.846. The van der Waals surface area contributed by atoms with Gasteiger partial charge in [-0.05, 0) is 20.3 Å². The Balaban J connectivity index is 2.98. The zero-order valence-corrected chi connectivity index (χ0v) is 11.4. The van der Waals surface area contributed by atoms with E-state index in [1.807, 2.05) is 20.8 Å². The molecule has 5 nitrogen and oxygen atoms in total. The average Bonchev–Trinajstić information content (AvgIpc) is 2.30. The van der Waals surface area contributed by atoms with E-state index in [4.69, 9.17) is 4.74 Å². The Morgan fingerprint density at radius 2 is 2.28 bits per heavy atom. The van der Waals surface area contributed by atoms with Crippen LogP contribution in [-0.4, -0.2) is 46.7 Å². The minimum Gasteiger partial charge on any atom is -0.479 e. The molecule has 0 aromatic rings. The Morgan fingerprint density at radius 3 is 2.72 bits per heavy atom. The zero-order chi connectivity index (χ0) is 13.8. The topological polar surface area (TPSA) is 66.8 Å². The fourth-order valence-corrected chi connectivity index (χ4v) is 2.70. The number of carbonyl (C=O) groups is 2. The number of carbonyl (C=O) groups excluding carboxylic acids is 1. The summed E-state index contributed by atoms with van der Waals surface area (Å²) < 4.78 is 5.59. The smallest absolute Gasteiger partial charge is 0.329 e. The first-order valence-corrected chi connectivity index (χ1v) is 6.56. The van der Waals surface area contributed by atoms with Crippen molar-refractivity contribution in [3.63, 3.8) is 0 Å². The first kappa shape index (κ1) is 15.0. The van der Waals surface area contributed by atoms with Gasteiger partial charge in [-0.25, -0.2) is 4.79 Å². The van der Waals surface area contributed by atoms with Crippen LogP contribution in [0, 0.1) is 0 Å². The molecule has 0 aliphatic carbocycles. The molecule has 0 bridgehead atoms. The Kier molecular flexibility index (Phi) is 5.14. The lowest BCUT2D eigenvalue weighted by molar-refractivity contribution is -0.169. The molecule has 104 valence electrons. The highest BCUT2D eigenvalue weighted by atomic mass is 16.5. The summed E-state index contributed by atoms with van der Waals surface area (Å²) in [5, 5.41) is 9.57.